The van der Waals surface area contributed by atoms with Gasteiger partial charge in [-0.05, 0) is 16.7 Å². The Balaban J connectivity index is 1.81. The highest BCUT2D eigenvalue weighted by atomic mass is 16.4. The van der Waals surface area contributed by atoms with Gasteiger partial charge >= 0.3 is 11.8 Å². The number of hydrogen-bond acceptors (Lipinski definition) is 5. The Hall–Kier alpha value is -3.48. The lowest BCUT2D eigenvalue weighted by Crippen LogP contribution is -2.37. The first-order valence-electron chi connectivity index (χ1n) is 7.03. The molecule has 24 heavy (non-hydrogen) atoms. The zero-order valence-electron chi connectivity index (χ0n) is 12.6. The van der Waals surface area contributed by atoms with Crippen LogP contribution in [0.15, 0.2) is 59.7 Å². The summed E-state index contributed by atoms with van der Waals surface area (Å²) in [7, 11) is 0. The fourth-order valence-electron chi connectivity index (χ4n) is 1.78. The van der Waals surface area contributed by atoms with Crippen molar-refractivity contribution >= 4 is 24.0 Å². The van der Waals surface area contributed by atoms with Crippen LogP contribution in [0.2, 0.25) is 0 Å². The summed E-state index contributed by atoms with van der Waals surface area (Å²) >= 11 is 0. The van der Waals surface area contributed by atoms with E-state index in [-0.39, 0.29) is 12.1 Å². The lowest BCUT2D eigenvalue weighted by molar-refractivity contribution is -0.255. The number of benzene rings is 2. The van der Waals surface area contributed by atoms with E-state index in [1.807, 2.05) is 30.3 Å². The standard InChI is InChI=1S/C17H15N3O4/c21-15(18-10-12-4-2-1-3-5-12)16(22)20-19-11-13-6-8-14(9-7-13)17(23)24/h1-9,11H,10H2,(H,18,21)(H,20,22)(H,23,24)/p-1/b19-11-. The van der Waals surface area contributed by atoms with Gasteiger partial charge in [0.05, 0.1) is 12.2 Å². The molecule has 0 spiro atoms. The minimum atomic E-state index is -1.28. The van der Waals surface area contributed by atoms with Crippen molar-refractivity contribution in [1.29, 1.82) is 0 Å². The second-order valence-electron chi connectivity index (χ2n) is 4.78. The molecule has 0 aliphatic rings. The van der Waals surface area contributed by atoms with Crippen LogP contribution in [0.5, 0.6) is 0 Å². The van der Waals surface area contributed by atoms with E-state index in [4.69, 9.17) is 0 Å². The van der Waals surface area contributed by atoms with Crippen LogP contribution in [-0.4, -0.2) is 24.0 Å². The van der Waals surface area contributed by atoms with Crippen LogP contribution in [0.1, 0.15) is 21.5 Å². The topological polar surface area (TPSA) is 111 Å². The lowest BCUT2D eigenvalue weighted by Gasteiger charge is -2.04. The van der Waals surface area contributed by atoms with Gasteiger partial charge in [0.25, 0.3) is 0 Å². The molecule has 0 radical (unpaired) electrons. The van der Waals surface area contributed by atoms with Crippen molar-refractivity contribution in [2.24, 2.45) is 5.10 Å². The van der Waals surface area contributed by atoms with Crippen molar-refractivity contribution in [2.45, 2.75) is 6.54 Å². The molecule has 0 bridgehead atoms. The summed E-state index contributed by atoms with van der Waals surface area (Å²) in [5.41, 5.74) is 3.56. The molecule has 7 heteroatoms. The molecule has 0 saturated carbocycles. The fraction of sp³-hybridized carbons (Fsp3) is 0.0588. The van der Waals surface area contributed by atoms with Gasteiger partial charge in [-0.15, -0.1) is 0 Å². The van der Waals surface area contributed by atoms with Crippen molar-refractivity contribution in [3.8, 4) is 0 Å². The van der Waals surface area contributed by atoms with Gasteiger partial charge in [-0.3, -0.25) is 9.59 Å². The Kier molecular flexibility index (Phi) is 5.79. The third kappa shape index (κ3) is 5.06. The van der Waals surface area contributed by atoms with Gasteiger partial charge in [0.15, 0.2) is 0 Å². The third-order valence-corrected chi connectivity index (χ3v) is 3.03. The molecule has 2 aromatic rings. The van der Waals surface area contributed by atoms with E-state index in [2.05, 4.69) is 15.8 Å². The summed E-state index contributed by atoms with van der Waals surface area (Å²) in [6.07, 6.45) is 1.29. The zero-order chi connectivity index (χ0) is 17.4. The summed E-state index contributed by atoms with van der Waals surface area (Å²) < 4.78 is 0. The minimum Gasteiger partial charge on any atom is -0.545 e. The molecule has 0 aliphatic heterocycles. The molecule has 0 heterocycles. The number of nitrogens with one attached hydrogen (secondary N) is 2. The predicted octanol–water partition coefficient (Wildman–Crippen LogP) is -0.183. The van der Waals surface area contributed by atoms with Crippen molar-refractivity contribution in [3.63, 3.8) is 0 Å². The van der Waals surface area contributed by atoms with E-state index in [0.29, 0.717) is 5.56 Å². The molecule has 0 unspecified atom stereocenters. The fourth-order valence-corrected chi connectivity index (χ4v) is 1.78. The Morgan fingerprint density at radius 3 is 2.25 bits per heavy atom. The van der Waals surface area contributed by atoms with Crippen molar-refractivity contribution in [1.82, 2.24) is 10.7 Å². The molecule has 122 valence electrons. The molecule has 2 rings (SSSR count). The monoisotopic (exact) mass is 324 g/mol. The smallest absolute Gasteiger partial charge is 0.329 e. The van der Waals surface area contributed by atoms with E-state index >= 15 is 0 Å². The van der Waals surface area contributed by atoms with Gasteiger partial charge < -0.3 is 15.2 Å². The largest absolute Gasteiger partial charge is 0.545 e. The average Bonchev–Trinajstić information content (AvgIpc) is 2.61. The average molecular weight is 324 g/mol. The van der Waals surface area contributed by atoms with Crippen LogP contribution in [0.3, 0.4) is 0 Å². The Morgan fingerprint density at radius 2 is 1.62 bits per heavy atom. The van der Waals surface area contributed by atoms with Crippen LogP contribution in [-0.2, 0) is 16.1 Å². The minimum absolute atomic E-state index is 0.0384. The number of carbonyl (C=O) groups excluding carboxylic acids is 3. The second kappa shape index (κ2) is 8.23. The second-order valence-corrected chi connectivity index (χ2v) is 4.78. The molecule has 2 N–H and O–H groups in total. The molecule has 0 aliphatic carbocycles. The molecular formula is C17H14N3O4-. The van der Waals surface area contributed by atoms with E-state index in [1.54, 1.807) is 0 Å². The number of carbonyl (C=O) groups is 3. The first-order chi connectivity index (χ1) is 11.6. The maximum atomic E-state index is 11.6. The maximum absolute atomic E-state index is 11.6. The van der Waals surface area contributed by atoms with Crippen molar-refractivity contribution in [2.75, 3.05) is 0 Å². The molecule has 0 fully saturated rings. The van der Waals surface area contributed by atoms with Crippen molar-refractivity contribution < 1.29 is 19.5 Å². The number of carboxylic acids is 1. The summed E-state index contributed by atoms with van der Waals surface area (Å²) in [4.78, 5) is 33.8. The summed E-state index contributed by atoms with van der Waals surface area (Å²) in [5.74, 6) is -2.97. The molecule has 2 aromatic carbocycles. The number of rotatable bonds is 5. The molecule has 0 aromatic heterocycles. The molecular weight excluding hydrogens is 310 g/mol. The maximum Gasteiger partial charge on any atom is 0.329 e. The Bertz CT molecular complexity index is 755. The third-order valence-electron chi connectivity index (χ3n) is 3.03. The van der Waals surface area contributed by atoms with E-state index in [1.165, 1.54) is 30.5 Å². The number of nitrogens with zero attached hydrogens (tertiary/aromatic N) is 1. The van der Waals surface area contributed by atoms with Gasteiger partial charge in [-0.25, -0.2) is 5.43 Å². The highest BCUT2D eigenvalue weighted by molar-refractivity contribution is 6.35. The van der Waals surface area contributed by atoms with Crippen molar-refractivity contribution in [3.05, 3.63) is 71.3 Å². The van der Waals surface area contributed by atoms with Crippen LogP contribution in [0, 0.1) is 0 Å². The number of aromatic carboxylic acids is 1. The summed E-state index contributed by atoms with van der Waals surface area (Å²) in [6.45, 7) is 0.238. The van der Waals surface area contributed by atoms with Gasteiger partial charge in [-0.2, -0.15) is 5.10 Å². The zero-order valence-corrected chi connectivity index (χ0v) is 12.6. The van der Waals surface area contributed by atoms with E-state index < -0.39 is 17.8 Å². The molecule has 7 nitrogen and oxygen atoms in total. The highest BCUT2D eigenvalue weighted by Crippen LogP contribution is 2.01. The number of amides is 2. The SMILES string of the molecule is O=C(NCc1ccccc1)C(=O)N/N=C\c1ccc(C(=O)[O-])cc1. The number of carboxylic acid groups (broad SMARTS) is 1. The van der Waals surface area contributed by atoms with Gasteiger partial charge in [0.2, 0.25) is 0 Å². The van der Waals surface area contributed by atoms with Gasteiger partial charge in [0, 0.05) is 6.54 Å². The van der Waals surface area contributed by atoms with Crippen LogP contribution >= 0.6 is 0 Å². The first kappa shape index (κ1) is 16.9. The van der Waals surface area contributed by atoms with Crippen LogP contribution in [0.4, 0.5) is 0 Å². The predicted molar refractivity (Wildman–Crippen MR) is 84.8 cm³/mol. The molecule has 0 saturated heterocycles. The van der Waals surface area contributed by atoms with Gasteiger partial charge in [-0.1, -0.05) is 54.6 Å². The van der Waals surface area contributed by atoms with Crippen LogP contribution in [0.25, 0.3) is 0 Å². The quantitative estimate of drug-likeness (QED) is 0.451. The summed E-state index contributed by atoms with van der Waals surface area (Å²) in [6, 6.07) is 14.9. The Morgan fingerprint density at radius 1 is 0.958 bits per heavy atom. The van der Waals surface area contributed by atoms with E-state index in [9.17, 15) is 19.5 Å². The lowest BCUT2D eigenvalue weighted by atomic mass is 10.1. The molecule has 0 atom stereocenters. The van der Waals surface area contributed by atoms with Gasteiger partial charge in [0.1, 0.15) is 0 Å². The first-order valence-corrected chi connectivity index (χ1v) is 7.03. The normalized spacial score (nSPS) is 10.3. The summed E-state index contributed by atoms with van der Waals surface area (Å²) in [5, 5.41) is 16.7. The molecule has 2 amide bonds. The number of hydrogen-bond donors (Lipinski definition) is 2. The van der Waals surface area contributed by atoms with E-state index in [0.717, 1.165) is 5.56 Å². The highest BCUT2D eigenvalue weighted by Gasteiger charge is 2.11. The number of hydrazone groups is 1. The Labute approximate surface area is 138 Å². The van der Waals surface area contributed by atoms with Crippen LogP contribution < -0.4 is 15.8 Å².